The van der Waals surface area contributed by atoms with Crippen molar-refractivity contribution in [3.63, 3.8) is 0 Å². The van der Waals surface area contributed by atoms with Crippen LogP contribution in [-0.4, -0.2) is 50.5 Å². The molecule has 4 rings (SSSR count). The van der Waals surface area contributed by atoms with Crippen molar-refractivity contribution in [2.75, 3.05) is 33.2 Å². The van der Waals surface area contributed by atoms with E-state index < -0.39 is 0 Å². The Morgan fingerprint density at radius 2 is 1.67 bits per heavy atom. The molecule has 2 aliphatic carbocycles. The predicted octanol–water partition coefficient (Wildman–Crippen LogP) is 1.39. The molecule has 4 nitrogen and oxygen atoms in total. The molecule has 136 valence electrons. The Balaban J connectivity index is 0.000000149. The monoisotopic (exact) mass is 333 g/mol. The van der Waals surface area contributed by atoms with E-state index in [9.17, 15) is 5.11 Å². The molecule has 2 heterocycles. The highest BCUT2D eigenvalue weighted by Gasteiger charge is 2.39. The molecule has 2 saturated heterocycles. The summed E-state index contributed by atoms with van der Waals surface area (Å²) in [5.41, 5.74) is 0. The third kappa shape index (κ3) is 3.77. The van der Waals surface area contributed by atoms with Crippen molar-refractivity contribution in [1.29, 1.82) is 0 Å². The standard InChI is InChI=1S/C12H22N2.C8H13NO/c1-8(2)9-4-5-12(13-3)11-7-14-6-10(9)11;10-8-3-1-2-6-4-9-5-7(6)8/h4-5,8-14H,6-7H2,1-3H3;1,3,6-10H,2,4-5H2. The second kappa shape index (κ2) is 8.13. The van der Waals surface area contributed by atoms with Gasteiger partial charge in [-0.3, -0.25) is 0 Å². The van der Waals surface area contributed by atoms with Gasteiger partial charge in [0.2, 0.25) is 0 Å². The maximum Gasteiger partial charge on any atom is 0.0764 e. The van der Waals surface area contributed by atoms with Crippen LogP contribution in [0.1, 0.15) is 20.3 Å². The lowest BCUT2D eigenvalue weighted by molar-refractivity contribution is 0.129. The molecule has 7 unspecified atom stereocenters. The summed E-state index contributed by atoms with van der Waals surface area (Å²) in [4.78, 5) is 0. The molecule has 7 atom stereocenters. The highest BCUT2D eigenvalue weighted by molar-refractivity contribution is 5.12. The third-order valence-electron chi connectivity index (χ3n) is 6.51. The lowest BCUT2D eigenvalue weighted by Crippen LogP contribution is -2.42. The van der Waals surface area contributed by atoms with Crippen LogP contribution in [-0.2, 0) is 0 Å². The van der Waals surface area contributed by atoms with Crippen LogP contribution in [0, 0.1) is 35.5 Å². The Labute approximate surface area is 147 Å². The van der Waals surface area contributed by atoms with E-state index in [-0.39, 0.29) is 6.10 Å². The summed E-state index contributed by atoms with van der Waals surface area (Å²) in [6, 6.07) is 0.588. The maximum absolute atomic E-state index is 9.45. The first kappa shape index (κ1) is 18.1. The molecule has 0 bridgehead atoms. The number of hydrogen-bond donors (Lipinski definition) is 4. The van der Waals surface area contributed by atoms with Crippen LogP contribution in [0.5, 0.6) is 0 Å². The van der Waals surface area contributed by atoms with Crippen LogP contribution in [0.4, 0.5) is 0 Å². The number of aliphatic hydroxyl groups is 1. The molecule has 24 heavy (non-hydrogen) atoms. The van der Waals surface area contributed by atoms with Crippen LogP contribution >= 0.6 is 0 Å². The summed E-state index contributed by atoms with van der Waals surface area (Å²) in [6.07, 6.45) is 9.79. The van der Waals surface area contributed by atoms with Gasteiger partial charge < -0.3 is 21.1 Å². The fraction of sp³-hybridized carbons (Fsp3) is 0.800. The largest absolute Gasteiger partial charge is 0.389 e. The van der Waals surface area contributed by atoms with Crippen molar-refractivity contribution < 1.29 is 5.11 Å². The molecule has 0 saturated carbocycles. The number of nitrogens with one attached hydrogen (secondary N) is 3. The molecule has 4 aliphatic rings. The second-order valence-corrected chi connectivity index (χ2v) is 8.24. The molecule has 4 N–H and O–H groups in total. The number of rotatable bonds is 2. The van der Waals surface area contributed by atoms with Gasteiger partial charge in [-0.25, -0.2) is 0 Å². The predicted molar refractivity (Wildman–Crippen MR) is 99.8 cm³/mol. The van der Waals surface area contributed by atoms with Crippen molar-refractivity contribution in [3.8, 4) is 0 Å². The van der Waals surface area contributed by atoms with Gasteiger partial charge in [-0.1, -0.05) is 38.2 Å². The molecule has 0 aromatic carbocycles. The average Bonchev–Trinajstić information content (AvgIpc) is 3.24. The summed E-state index contributed by atoms with van der Waals surface area (Å²) < 4.78 is 0. The Morgan fingerprint density at radius 3 is 2.38 bits per heavy atom. The minimum Gasteiger partial charge on any atom is -0.389 e. The topological polar surface area (TPSA) is 56.3 Å². The average molecular weight is 334 g/mol. The Hall–Kier alpha value is -0.680. The SMILES string of the molecule is CNC1C=CC(C(C)C)C2CNCC12.OC1C=CCC2CNCC12. The Bertz CT molecular complexity index is 462. The first-order chi connectivity index (χ1) is 11.6. The van der Waals surface area contributed by atoms with E-state index in [1.54, 1.807) is 0 Å². The number of fused-ring (bicyclic) bond motifs is 2. The number of allylic oxidation sites excluding steroid dienone is 2. The molecule has 2 aliphatic heterocycles. The van der Waals surface area contributed by atoms with E-state index in [2.05, 4.69) is 55.1 Å². The van der Waals surface area contributed by atoms with Gasteiger partial charge in [0.1, 0.15) is 0 Å². The van der Waals surface area contributed by atoms with Gasteiger partial charge in [-0.15, -0.1) is 0 Å². The van der Waals surface area contributed by atoms with E-state index in [0.29, 0.717) is 17.9 Å². The molecule has 0 spiro atoms. The summed E-state index contributed by atoms with van der Waals surface area (Å²) in [7, 11) is 2.07. The first-order valence-corrected chi connectivity index (χ1v) is 9.73. The zero-order valence-corrected chi connectivity index (χ0v) is 15.4. The minimum atomic E-state index is -0.186. The zero-order valence-electron chi connectivity index (χ0n) is 15.4. The Kier molecular flexibility index (Phi) is 6.14. The van der Waals surface area contributed by atoms with Crippen LogP contribution in [0.3, 0.4) is 0 Å². The highest BCUT2D eigenvalue weighted by Crippen LogP contribution is 2.36. The van der Waals surface area contributed by atoms with Crippen LogP contribution in [0.25, 0.3) is 0 Å². The maximum atomic E-state index is 9.45. The van der Waals surface area contributed by atoms with Crippen molar-refractivity contribution in [2.24, 2.45) is 35.5 Å². The van der Waals surface area contributed by atoms with Gasteiger partial charge in [0.15, 0.2) is 0 Å². The summed E-state index contributed by atoms with van der Waals surface area (Å²) >= 11 is 0. The van der Waals surface area contributed by atoms with Gasteiger partial charge >= 0.3 is 0 Å². The van der Waals surface area contributed by atoms with E-state index in [0.717, 1.165) is 43.2 Å². The van der Waals surface area contributed by atoms with E-state index >= 15 is 0 Å². The van der Waals surface area contributed by atoms with Crippen molar-refractivity contribution >= 4 is 0 Å². The highest BCUT2D eigenvalue weighted by atomic mass is 16.3. The molecule has 0 radical (unpaired) electrons. The third-order valence-corrected chi connectivity index (χ3v) is 6.51. The summed E-state index contributed by atoms with van der Waals surface area (Å²) in [6.45, 7) is 9.15. The summed E-state index contributed by atoms with van der Waals surface area (Å²) in [5.74, 6) is 4.39. The van der Waals surface area contributed by atoms with E-state index in [4.69, 9.17) is 0 Å². The lowest BCUT2D eigenvalue weighted by atomic mass is 9.71. The van der Waals surface area contributed by atoms with Gasteiger partial charge in [0, 0.05) is 25.0 Å². The zero-order chi connectivity index (χ0) is 17.1. The number of hydrogen-bond acceptors (Lipinski definition) is 4. The first-order valence-electron chi connectivity index (χ1n) is 9.73. The second-order valence-electron chi connectivity index (χ2n) is 8.24. The quantitative estimate of drug-likeness (QED) is 0.577. The van der Waals surface area contributed by atoms with Gasteiger partial charge in [-0.05, 0) is 56.1 Å². The molecule has 4 heteroatoms. The lowest BCUT2D eigenvalue weighted by Gasteiger charge is -2.36. The molecule has 0 aromatic heterocycles. The van der Waals surface area contributed by atoms with E-state index in [1.165, 1.54) is 13.1 Å². The molecular weight excluding hydrogens is 298 g/mol. The van der Waals surface area contributed by atoms with Crippen LogP contribution < -0.4 is 16.0 Å². The Morgan fingerprint density at radius 1 is 0.958 bits per heavy atom. The van der Waals surface area contributed by atoms with Gasteiger partial charge in [0.05, 0.1) is 6.10 Å². The molecular formula is C20H35N3O. The normalized spacial score (nSPS) is 43.3. The fourth-order valence-electron chi connectivity index (χ4n) is 5.04. The number of aliphatic hydroxyl groups excluding tert-OH is 1. The van der Waals surface area contributed by atoms with Crippen molar-refractivity contribution in [1.82, 2.24) is 16.0 Å². The van der Waals surface area contributed by atoms with E-state index in [1.807, 2.05) is 6.08 Å². The number of likely N-dealkylation sites (N-methyl/N-ethyl adjacent to an activating group) is 1. The molecule has 2 fully saturated rings. The smallest absolute Gasteiger partial charge is 0.0764 e. The van der Waals surface area contributed by atoms with Crippen molar-refractivity contribution in [2.45, 2.75) is 32.4 Å². The van der Waals surface area contributed by atoms with Crippen LogP contribution in [0.15, 0.2) is 24.3 Å². The fourth-order valence-corrected chi connectivity index (χ4v) is 5.04. The minimum absolute atomic E-state index is 0.186. The summed E-state index contributed by atoms with van der Waals surface area (Å²) in [5, 5.41) is 19.7. The van der Waals surface area contributed by atoms with Crippen molar-refractivity contribution in [3.05, 3.63) is 24.3 Å². The van der Waals surface area contributed by atoms with Crippen LogP contribution in [0.2, 0.25) is 0 Å². The molecule has 0 aromatic rings. The molecule has 0 amide bonds. The van der Waals surface area contributed by atoms with Gasteiger partial charge in [0.25, 0.3) is 0 Å². The van der Waals surface area contributed by atoms with Gasteiger partial charge in [-0.2, -0.15) is 0 Å².